The molecule has 3 N–H and O–H groups in total. The van der Waals surface area contributed by atoms with Gasteiger partial charge in [-0.2, -0.15) is 5.10 Å². The number of methoxy groups -OCH3 is 2. The zero-order chi connectivity index (χ0) is 22.7. The number of carbonyl (C=O) groups is 2. The predicted octanol–water partition coefficient (Wildman–Crippen LogP) is 2.49. The highest BCUT2D eigenvalue weighted by atomic mass is 16.5. The summed E-state index contributed by atoms with van der Waals surface area (Å²) in [4.78, 5) is 24.3. The number of nitrogens with zero attached hydrogens (tertiary/aromatic N) is 2. The number of carbonyl (C=O) groups excluding carboxylic acids is 2. The Kier molecular flexibility index (Phi) is 5.98. The van der Waals surface area contributed by atoms with E-state index in [1.165, 1.54) is 26.4 Å². The molecular formula is C23H24N4O5. The molecule has 166 valence electrons. The molecule has 1 heterocycles. The van der Waals surface area contributed by atoms with Gasteiger partial charge in [0.25, 0.3) is 11.8 Å². The average molecular weight is 436 g/mol. The van der Waals surface area contributed by atoms with Crippen molar-refractivity contribution < 1.29 is 23.8 Å². The van der Waals surface area contributed by atoms with Crippen LogP contribution in [0, 0.1) is 0 Å². The van der Waals surface area contributed by atoms with Crippen LogP contribution in [0.15, 0.2) is 42.5 Å². The van der Waals surface area contributed by atoms with Gasteiger partial charge in [-0.25, -0.2) is 4.68 Å². The van der Waals surface area contributed by atoms with Gasteiger partial charge in [0.2, 0.25) is 5.75 Å². The second-order valence-corrected chi connectivity index (χ2v) is 7.29. The lowest BCUT2D eigenvalue weighted by Gasteiger charge is -2.16. The summed E-state index contributed by atoms with van der Waals surface area (Å²) in [7, 11) is 2.87. The molecule has 3 aromatic rings. The van der Waals surface area contributed by atoms with Gasteiger partial charge < -0.3 is 25.3 Å². The van der Waals surface area contributed by atoms with Gasteiger partial charge in [-0.05, 0) is 43.5 Å². The first-order chi connectivity index (χ1) is 15.5. The summed E-state index contributed by atoms with van der Waals surface area (Å²) in [5.74, 6) is 0.352. The summed E-state index contributed by atoms with van der Waals surface area (Å²) in [6, 6.07) is 12.7. The molecule has 0 saturated carbocycles. The molecule has 1 aliphatic carbocycles. The summed E-state index contributed by atoms with van der Waals surface area (Å²) >= 11 is 0. The van der Waals surface area contributed by atoms with Crippen molar-refractivity contribution in [1.29, 1.82) is 0 Å². The van der Waals surface area contributed by atoms with E-state index in [2.05, 4.69) is 5.32 Å². The molecular weight excluding hydrogens is 412 g/mol. The molecule has 1 aliphatic rings. The van der Waals surface area contributed by atoms with Gasteiger partial charge in [-0.1, -0.05) is 18.2 Å². The lowest BCUT2D eigenvalue weighted by atomic mass is 10.1. The molecule has 0 saturated heterocycles. The number of rotatable bonds is 8. The number of aryl methyl sites for hydroxylation is 1. The molecule has 0 spiro atoms. The molecule has 4 rings (SSSR count). The van der Waals surface area contributed by atoms with E-state index < -0.39 is 5.91 Å². The molecule has 9 nitrogen and oxygen atoms in total. The Morgan fingerprint density at radius 1 is 1.09 bits per heavy atom. The molecule has 32 heavy (non-hydrogen) atoms. The van der Waals surface area contributed by atoms with Crippen LogP contribution >= 0.6 is 0 Å². The first-order valence-electron chi connectivity index (χ1n) is 10.2. The first kappa shape index (κ1) is 21.2. The van der Waals surface area contributed by atoms with Crippen LogP contribution in [0.2, 0.25) is 0 Å². The van der Waals surface area contributed by atoms with Crippen molar-refractivity contribution in [2.75, 3.05) is 26.1 Å². The van der Waals surface area contributed by atoms with Crippen LogP contribution in [0.5, 0.6) is 17.2 Å². The van der Waals surface area contributed by atoms with Crippen molar-refractivity contribution in [2.45, 2.75) is 19.3 Å². The molecule has 2 amide bonds. The highest BCUT2D eigenvalue weighted by molar-refractivity contribution is 6.05. The number of primary amides is 1. The van der Waals surface area contributed by atoms with Gasteiger partial charge in [-0.15, -0.1) is 0 Å². The highest BCUT2D eigenvalue weighted by Crippen LogP contribution is 2.39. The summed E-state index contributed by atoms with van der Waals surface area (Å²) in [6.45, 7) is -0.347. The topological polar surface area (TPSA) is 118 Å². The van der Waals surface area contributed by atoms with E-state index in [4.69, 9.17) is 25.0 Å². The molecule has 0 fully saturated rings. The van der Waals surface area contributed by atoms with E-state index in [1.54, 1.807) is 4.68 Å². The van der Waals surface area contributed by atoms with Crippen molar-refractivity contribution in [3.05, 3.63) is 59.3 Å². The van der Waals surface area contributed by atoms with Crippen molar-refractivity contribution in [3.8, 4) is 22.9 Å². The van der Waals surface area contributed by atoms with Crippen LogP contribution in [0.1, 0.15) is 28.0 Å². The fraction of sp³-hybridized carbons (Fsp3) is 0.261. The van der Waals surface area contributed by atoms with Gasteiger partial charge in [0.05, 0.1) is 25.6 Å². The summed E-state index contributed by atoms with van der Waals surface area (Å²) in [5.41, 5.74) is 8.37. The fourth-order valence-corrected chi connectivity index (χ4v) is 3.75. The fourth-order valence-electron chi connectivity index (χ4n) is 3.75. The second-order valence-electron chi connectivity index (χ2n) is 7.29. The lowest BCUT2D eigenvalue weighted by Crippen LogP contribution is -2.21. The first-order valence-corrected chi connectivity index (χ1v) is 10.2. The maximum Gasteiger partial charge on any atom is 0.257 e. The van der Waals surface area contributed by atoms with Crippen LogP contribution in [-0.4, -0.2) is 42.4 Å². The minimum atomic E-state index is -0.640. The average Bonchev–Trinajstić information content (AvgIpc) is 3.40. The Morgan fingerprint density at radius 3 is 2.41 bits per heavy atom. The molecule has 0 radical (unpaired) electrons. The zero-order valence-corrected chi connectivity index (χ0v) is 17.9. The largest absolute Gasteiger partial charge is 0.493 e. The third-order valence-electron chi connectivity index (χ3n) is 5.22. The summed E-state index contributed by atoms with van der Waals surface area (Å²) in [5, 5.41) is 7.73. The number of nitrogens with one attached hydrogen (secondary N) is 1. The Hall–Kier alpha value is -4.01. The van der Waals surface area contributed by atoms with Crippen molar-refractivity contribution >= 4 is 17.6 Å². The second kappa shape index (κ2) is 9.01. The van der Waals surface area contributed by atoms with Crippen LogP contribution < -0.4 is 25.3 Å². The maximum absolute atomic E-state index is 13.2. The van der Waals surface area contributed by atoms with E-state index in [1.807, 2.05) is 30.3 Å². The number of hydrogen-bond acceptors (Lipinski definition) is 6. The zero-order valence-electron chi connectivity index (χ0n) is 17.9. The number of aromatic nitrogens is 2. The monoisotopic (exact) mass is 436 g/mol. The molecule has 0 bridgehead atoms. The van der Waals surface area contributed by atoms with E-state index in [9.17, 15) is 9.59 Å². The van der Waals surface area contributed by atoms with Gasteiger partial charge in [0.15, 0.2) is 18.1 Å². The minimum Gasteiger partial charge on any atom is -0.493 e. The number of benzene rings is 2. The van der Waals surface area contributed by atoms with Crippen molar-refractivity contribution in [3.63, 3.8) is 0 Å². The predicted molar refractivity (Wildman–Crippen MR) is 118 cm³/mol. The SMILES string of the molecule is COc1cc(C(=O)Nc2c3c(nn2-c2ccccc2)CCC3)cc(OC)c1OCC(N)=O. The number of ether oxygens (including phenoxy) is 3. The molecule has 1 aromatic heterocycles. The van der Waals surface area contributed by atoms with Crippen molar-refractivity contribution in [2.24, 2.45) is 5.73 Å². The Labute approximate surface area is 185 Å². The quantitative estimate of drug-likeness (QED) is 0.560. The molecule has 0 aliphatic heterocycles. The smallest absolute Gasteiger partial charge is 0.257 e. The third-order valence-corrected chi connectivity index (χ3v) is 5.22. The minimum absolute atomic E-state index is 0.195. The number of amides is 2. The number of hydrogen-bond donors (Lipinski definition) is 2. The standard InChI is InChI=1S/C23H24N4O5/c1-30-18-11-14(12-19(31-2)21(18)32-13-20(24)28)23(29)25-22-16-9-6-10-17(16)26-27(22)15-7-4-3-5-8-15/h3-5,7-8,11-12H,6,9-10,13H2,1-2H3,(H2,24,28)(H,25,29). The van der Waals surface area contributed by atoms with Crippen LogP contribution in [-0.2, 0) is 17.6 Å². The number of nitrogens with two attached hydrogens (primary N) is 1. The molecule has 0 atom stereocenters. The van der Waals surface area contributed by atoms with Crippen LogP contribution in [0.4, 0.5) is 5.82 Å². The van der Waals surface area contributed by atoms with Crippen LogP contribution in [0.25, 0.3) is 5.69 Å². The number of anilines is 1. The van der Waals surface area contributed by atoms with Crippen LogP contribution in [0.3, 0.4) is 0 Å². The molecule has 0 unspecified atom stereocenters. The summed E-state index contributed by atoms with van der Waals surface area (Å²) in [6.07, 6.45) is 2.74. The lowest BCUT2D eigenvalue weighted by molar-refractivity contribution is -0.120. The van der Waals surface area contributed by atoms with E-state index in [-0.39, 0.29) is 29.8 Å². The normalized spacial score (nSPS) is 12.2. The highest BCUT2D eigenvalue weighted by Gasteiger charge is 2.25. The van der Waals surface area contributed by atoms with Gasteiger partial charge >= 0.3 is 0 Å². The van der Waals surface area contributed by atoms with E-state index >= 15 is 0 Å². The molecule has 9 heteroatoms. The maximum atomic E-state index is 13.2. The third kappa shape index (κ3) is 4.09. The van der Waals surface area contributed by atoms with E-state index in [0.29, 0.717) is 11.4 Å². The van der Waals surface area contributed by atoms with E-state index in [0.717, 1.165) is 36.2 Å². The number of para-hydroxylation sites is 1. The Balaban J connectivity index is 1.69. The molecule has 2 aromatic carbocycles. The Morgan fingerprint density at radius 2 is 1.78 bits per heavy atom. The van der Waals surface area contributed by atoms with Gasteiger partial charge in [0.1, 0.15) is 5.82 Å². The summed E-state index contributed by atoms with van der Waals surface area (Å²) < 4.78 is 17.9. The van der Waals surface area contributed by atoms with Crippen molar-refractivity contribution in [1.82, 2.24) is 9.78 Å². The Bertz CT molecular complexity index is 1130. The number of fused-ring (bicyclic) bond motifs is 1. The van der Waals surface area contributed by atoms with Gasteiger partial charge in [-0.3, -0.25) is 9.59 Å². The van der Waals surface area contributed by atoms with Gasteiger partial charge in [0, 0.05) is 11.1 Å².